The van der Waals surface area contributed by atoms with Gasteiger partial charge in [0.2, 0.25) is 11.8 Å². The van der Waals surface area contributed by atoms with Gasteiger partial charge in [-0.2, -0.15) is 13.2 Å². The molecule has 3 aliphatic heterocycles. The lowest BCUT2D eigenvalue weighted by molar-refractivity contribution is -0.192. The van der Waals surface area contributed by atoms with Crippen molar-refractivity contribution in [3.63, 3.8) is 0 Å². The van der Waals surface area contributed by atoms with E-state index in [1.54, 1.807) is 0 Å². The molecule has 3 N–H and O–H groups in total. The van der Waals surface area contributed by atoms with Crippen LogP contribution in [-0.2, 0) is 9.59 Å². The Balaban J connectivity index is 1.22. The van der Waals surface area contributed by atoms with Gasteiger partial charge in [-0.3, -0.25) is 9.59 Å². The molecule has 5 fully saturated rings. The SMILES string of the molecule is CCCC1CC2C(CN1)CC(C1CC(NC(=O)C3CC(N4CCC(O)CC4)CC(C(F)(F)F)C3)CCC1C)C(=O)N2C. The van der Waals surface area contributed by atoms with Gasteiger partial charge in [-0.25, -0.2) is 0 Å². The van der Waals surface area contributed by atoms with Crippen LogP contribution in [0.25, 0.3) is 0 Å². The normalized spacial score (nSPS) is 40.9. The van der Waals surface area contributed by atoms with Gasteiger partial charge in [0, 0.05) is 62.7 Å². The van der Waals surface area contributed by atoms with Crippen LogP contribution in [-0.4, -0.2) is 89.9 Å². The smallest absolute Gasteiger partial charge is 0.391 e. The molecule has 10 unspecified atom stereocenters. The number of carbonyl (C=O) groups is 2. The molecule has 10 atom stereocenters. The van der Waals surface area contributed by atoms with Crippen LogP contribution >= 0.6 is 0 Å². The number of fused-ring (bicyclic) bond motifs is 1. The van der Waals surface area contributed by atoms with Crippen LogP contribution < -0.4 is 10.6 Å². The Morgan fingerprint density at radius 1 is 1.05 bits per heavy atom. The minimum Gasteiger partial charge on any atom is -0.393 e. The Bertz CT molecular complexity index is 942. The molecule has 42 heavy (non-hydrogen) atoms. The molecule has 0 aromatic heterocycles. The summed E-state index contributed by atoms with van der Waals surface area (Å²) in [7, 11) is 1.97. The van der Waals surface area contributed by atoms with E-state index in [-0.39, 0.29) is 54.6 Å². The summed E-state index contributed by atoms with van der Waals surface area (Å²) in [5.41, 5.74) is 0. The quantitative estimate of drug-likeness (QED) is 0.424. The van der Waals surface area contributed by atoms with E-state index in [0.29, 0.717) is 56.7 Å². The maximum absolute atomic E-state index is 14.0. The summed E-state index contributed by atoms with van der Waals surface area (Å²) in [4.78, 5) is 31.3. The first kappa shape index (κ1) is 32.0. The van der Waals surface area contributed by atoms with Crippen LogP contribution in [0.4, 0.5) is 13.2 Å². The first-order chi connectivity index (χ1) is 19.9. The Morgan fingerprint density at radius 3 is 2.48 bits per heavy atom. The third-order valence-electron chi connectivity index (χ3n) is 11.7. The predicted molar refractivity (Wildman–Crippen MR) is 155 cm³/mol. The summed E-state index contributed by atoms with van der Waals surface area (Å²) in [5, 5.41) is 16.8. The maximum Gasteiger partial charge on any atom is 0.391 e. The minimum atomic E-state index is -4.33. The van der Waals surface area contributed by atoms with Crippen molar-refractivity contribution in [2.45, 2.75) is 127 Å². The Labute approximate surface area is 249 Å². The van der Waals surface area contributed by atoms with Crippen LogP contribution in [0.15, 0.2) is 0 Å². The number of piperidine rings is 3. The average molecular weight is 599 g/mol. The van der Waals surface area contributed by atoms with Gasteiger partial charge >= 0.3 is 6.18 Å². The molecule has 3 saturated heterocycles. The number of alkyl halides is 3. The van der Waals surface area contributed by atoms with Crippen LogP contribution in [0, 0.1) is 35.5 Å². The van der Waals surface area contributed by atoms with E-state index >= 15 is 0 Å². The summed E-state index contributed by atoms with van der Waals surface area (Å²) in [6, 6.07) is 0.346. The zero-order valence-electron chi connectivity index (χ0n) is 25.7. The molecular formula is C32H53F3N4O3. The van der Waals surface area contributed by atoms with Crippen molar-refractivity contribution in [3.05, 3.63) is 0 Å². The molecule has 0 bridgehead atoms. The Morgan fingerprint density at radius 2 is 1.79 bits per heavy atom. The third kappa shape index (κ3) is 7.12. The molecule has 0 aromatic rings. The number of carbonyl (C=O) groups excluding carboxylic acids is 2. The van der Waals surface area contributed by atoms with Crippen molar-refractivity contribution in [3.8, 4) is 0 Å². The summed E-state index contributed by atoms with van der Waals surface area (Å²) in [5.74, 6) is -1.29. The van der Waals surface area contributed by atoms with Crippen molar-refractivity contribution in [2.75, 3.05) is 26.7 Å². The molecule has 2 amide bonds. The highest BCUT2D eigenvalue weighted by atomic mass is 19.4. The van der Waals surface area contributed by atoms with Gasteiger partial charge in [0.15, 0.2) is 0 Å². The fourth-order valence-electron chi connectivity index (χ4n) is 9.20. The lowest BCUT2D eigenvalue weighted by atomic mass is 9.65. The number of amides is 2. The van der Waals surface area contributed by atoms with Crippen molar-refractivity contribution in [1.82, 2.24) is 20.4 Å². The van der Waals surface area contributed by atoms with E-state index in [1.807, 2.05) is 11.9 Å². The molecule has 240 valence electrons. The number of aliphatic hydroxyl groups is 1. The lowest BCUT2D eigenvalue weighted by Gasteiger charge is -2.50. The van der Waals surface area contributed by atoms with Crippen molar-refractivity contribution in [1.29, 1.82) is 0 Å². The van der Waals surface area contributed by atoms with E-state index in [1.165, 1.54) is 0 Å². The number of nitrogens with one attached hydrogen (secondary N) is 2. The van der Waals surface area contributed by atoms with E-state index in [2.05, 4.69) is 29.4 Å². The van der Waals surface area contributed by atoms with E-state index in [4.69, 9.17) is 0 Å². The van der Waals surface area contributed by atoms with Crippen molar-refractivity contribution in [2.24, 2.45) is 35.5 Å². The first-order valence-corrected chi connectivity index (χ1v) is 16.7. The van der Waals surface area contributed by atoms with Crippen LogP contribution in [0.2, 0.25) is 0 Å². The molecular weight excluding hydrogens is 545 g/mol. The van der Waals surface area contributed by atoms with Crippen LogP contribution in [0.3, 0.4) is 0 Å². The highest BCUT2D eigenvalue weighted by Crippen LogP contribution is 2.45. The number of halogens is 3. The summed E-state index contributed by atoms with van der Waals surface area (Å²) >= 11 is 0. The van der Waals surface area contributed by atoms with Gasteiger partial charge < -0.3 is 25.5 Å². The molecule has 0 aromatic carbocycles. The molecule has 0 spiro atoms. The number of likely N-dealkylation sites (tertiary alicyclic amines) is 2. The fourth-order valence-corrected chi connectivity index (χ4v) is 9.20. The van der Waals surface area contributed by atoms with E-state index < -0.39 is 24.1 Å². The second kappa shape index (κ2) is 13.3. The zero-order valence-corrected chi connectivity index (χ0v) is 25.7. The highest BCUT2D eigenvalue weighted by Gasteiger charge is 2.50. The Hall–Kier alpha value is -1.39. The monoisotopic (exact) mass is 598 g/mol. The molecule has 0 radical (unpaired) electrons. The molecule has 5 aliphatic rings. The lowest BCUT2D eigenvalue weighted by Crippen LogP contribution is -2.60. The number of rotatable bonds is 6. The van der Waals surface area contributed by atoms with Crippen LogP contribution in [0.1, 0.15) is 90.9 Å². The van der Waals surface area contributed by atoms with Gasteiger partial charge in [0.05, 0.1) is 12.0 Å². The predicted octanol–water partition coefficient (Wildman–Crippen LogP) is 4.34. The number of hydrogen-bond acceptors (Lipinski definition) is 5. The average Bonchev–Trinajstić information content (AvgIpc) is 2.96. The summed E-state index contributed by atoms with van der Waals surface area (Å²) < 4.78 is 41.9. The standard InChI is InChI=1S/C32H53F3N4O3/c1-4-5-23-17-29-21(18-36-23)14-28(31(42)38(29)3)27-16-24(7-6-19(27)2)37-30(41)20-12-22(32(33,34)35)15-25(13-20)39-10-8-26(40)9-11-39/h19-29,36,40H,4-18H2,1-3H3,(H,37,41). The highest BCUT2D eigenvalue weighted by molar-refractivity contribution is 5.81. The third-order valence-corrected chi connectivity index (χ3v) is 11.7. The largest absolute Gasteiger partial charge is 0.393 e. The fraction of sp³-hybridized carbons (Fsp3) is 0.938. The summed E-state index contributed by atoms with van der Waals surface area (Å²) in [6.07, 6.45) is 3.27. The van der Waals surface area contributed by atoms with Crippen molar-refractivity contribution >= 4 is 11.8 Å². The van der Waals surface area contributed by atoms with Gasteiger partial charge in [-0.1, -0.05) is 20.3 Å². The molecule has 2 aliphatic carbocycles. The first-order valence-electron chi connectivity index (χ1n) is 16.7. The number of hydrogen-bond donors (Lipinski definition) is 3. The minimum absolute atomic E-state index is 0.0277. The van der Waals surface area contributed by atoms with Gasteiger partial charge in [0.1, 0.15) is 0 Å². The topological polar surface area (TPSA) is 84.9 Å². The second-order valence-corrected chi connectivity index (χ2v) is 14.5. The molecule has 5 rings (SSSR count). The Kier molecular flexibility index (Phi) is 10.1. The molecule has 3 heterocycles. The summed E-state index contributed by atoms with van der Waals surface area (Å²) in [6.45, 7) is 6.50. The number of aliphatic hydroxyl groups excluding tert-OH is 1. The maximum atomic E-state index is 14.0. The van der Waals surface area contributed by atoms with Gasteiger partial charge in [-0.15, -0.1) is 0 Å². The molecule has 2 saturated carbocycles. The van der Waals surface area contributed by atoms with Gasteiger partial charge in [-0.05, 0) is 88.4 Å². The second-order valence-electron chi connectivity index (χ2n) is 14.5. The zero-order chi connectivity index (χ0) is 30.2. The van der Waals surface area contributed by atoms with E-state index in [9.17, 15) is 27.9 Å². The number of nitrogens with zero attached hydrogens (tertiary/aromatic N) is 2. The van der Waals surface area contributed by atoms with Crippen molar-refractivity contribution < 1.29 is 27.9 Å². The molecule has 10 heteroatoms. The van der Waals surface area contributed by atoms with Gasteiger partial charge in [0.25, 0.3) is 0 Å². The molecule has 7 nitrogen and oxygen atoms in total. The van der Waals surface area contributed by atoms with E-state index in [0.717, 1.165) is 45.1 Å². The van der Waals surface area contributed by atoms with Crippen LogP contribution in [0.5, 0.6) is 0 Å².